The van der Waals surface area contributed by atoms with Crippen molar-refractivity contribution in [1.82, 2.24) is 15.7 Å². The minimum atomic E-state index is -0.656. The molecule has 1 unspecified atom stereocenters. The average Bonchev–Trinajstić information content (AvgIpc) is 2.52. The number of carbonyl (C=O) groups is 3. The van der Waals surface area contributed by atoms with Gasteiger partial charge in [-0.25, -0.2) is 5.06 Å². The third kappa shape index (κ3) is 6.86. The maximum absolute atomic E-state index is 12.6. The number of rotatable bonds is 3. The van der Waals surface area contributed by atoms with Crippen LogP contribution in [0.15, 0.2) is 0 Å². The predicted molar refractivity (Wildman–Crippen MR) is 90.1 cm³/mol. The molecule has 7 nitrogen and oxygen atoms in total. The zero-order valence-corrected chi connectivity index (χ0v) is 15.0. The summed E-state index contributed by atoms with van der Waals surface area (Å²) >= 11 is 0. The number of carbonyl (C=O) groups excluding carboxylic acids is 3. The zero-order chi connectivity index (χ0) is 18.2. The lowest BCUT2D eigenvalue weighted by Gasteiger charge is -2.32. The topological polar surface area (TPSA) is 98.7 Å². The van der Waals surface area contributed by atoms with Gasteiger partial charge in [-0.3, -0.25) is 19.6 Å². The van der Waals surface area contributed by atoms with E-state index in [2.05, 4.69) is 10.6 Å². The molecule has 1 saturated heterocycles. The molecule has 7 heteroatoms. The molecule has 3 amide bonds. The Hall–Kier alpha value is -1.63. The highest BCUT2D eigenvalue weighted by atomic mass is 16.5. The summed E-state index contributed by atoms with van der Waals surface area (Å²) in [7, 11) is 0. The molecule has 1 aliphatic rings. The molecule has 1 aliphatic heterocycles. The van der Waals surface area contributed by atoms with E-state index in [4.69, 9.17) is 0 Å². The first kappa shape index (κ1) is 20.4. The van der Waals surface area contributed by atoms with E-state index in [0.717, 1.165) is 32.1 Å². The van der Waals surface area contributed by atoms with Gasteiger partial charge in [0.1, 0.15) is 6.04 Å². The third-order valence-electron chi connectivity index (χ3n) is 4.34. The van der Waals surface area contributed by atoms with Crippen LogP contribution in [0, 0.1) is 11.3 Å². The fourth-order valence-electron chi connectivity index (χ4n) is 2.87. The molecule has 0 aromatic heterocycles. The van der Waals surface area contributed by atoms with E-state index in [1.807, 2.05) is 20.8 Å². The van der Waals surface area contributed by atoms with Gasteiger partial charge in [-0.1, -0.05) is 46.5 Å². The van der Waals surface area contributed by atoms with Crippen molar-refractivity contribution in [3.05, 3.63) is 0 Å². The van der Waals surface area contributed by atoms with Crippen molar-refractivity contribution in [2.75, 3.05) is 13.1 Å². The maximum Gasteiger partial charge on any atom is 0.243 e. The van der Waals surface area contributed by atoms with Crippen LogP contribution in [0.2, 0.25) is 0 Å². The van der Waals surface area contributed by atoms with Crippen molar-refractivity contribution in [3.63, 3.8) is 0 Å². The number of amides is 3. The lowest BCUT2D eigenvalue weighted by atomic mass is 9.85. The van der Waals surface area contributed by atoms with Crippen molar-refractivity contribution >= 4 is 18.2 Å². The van der Waals surface area contributed by atoms with Crippen LogP contribution in [0.25, 0.3) is 0 Å². The van der Waals surface area contributed by atoms with Gasteiger partial charge in [0.05, 0.1) is 12.5 Å². The fourth-order valence-corrected chi connectivity index (χ4v) is 2.87. The van der Waals surface area contributed by atoms with Gasteiger partial charge in [-0.05, 0) is 18.3 Å². The van der Waals surface area contributed by atoms with Crippen molar-refractivity contribution in [1.29, 1.82) is 0 Å². The van der Waals surface area contributed by atoms with Crippen LogP contribution in [-0.4, -0.2) is 47.6 Å². The summed E-state index contributed by atoms with van der Waals surface area (Å²) in [5, 5.41) is 15.7. The smallest absolute Gasteiger partial charge is 0.243 e. The second-order valence-electron chi connectivity index (χ2n) is 7.58. The normalized spacial score (nSPS) is 24.7. The minimum Gasteiger partial charge on any atom is -0.354 e. The Kier molecular flexibility index (Phi) is 8.18. The van der Waals surface area contributed by atoms with Gasteiger partial charge < -0.3 is 10.6 Å². The minimum absolute atomic E-state index is 0.0617. The van der Waals surface area contributed by atoms with Crippen LogP contribution in [0.3, 0.4) is 0 Å². The number of nitrogens with one attached hydrogen (secondary N) is 2. The quantitative estimate of drug-likeness (QED) is 0.411. The molecule has 1 heterocycles. The van der Waals surface area contributed by atoms with Crippen LogP contribution in [-0.2, 0) is 14.4 Å². The zero-order valence-electron chi connectivity index (χ0n) is 15.0. The first-order valence-corrected chi connectivity index (χ1v) is 8.74. The summed E-state index contributed by atoms with van der Waals surface area (Å²) in [5.74, 6) is -1.02. The SMILES string of the molecule is CC(C)(C)[C@@H]1NC(=O)C(CN(O)C=O)CCCCCCCNC1=O. The summed E-state index contributed by atoms with van der Waals surface area (Å²) in [4.78, 5) is 35.7. The van der Waals surface area contributed by atoms with E-state index in [-0.39, 0.29) is 18.4 Å². The molecule has 1 fully saturated rings. The molecule has 0 aromatic rings. The lowest BCUT2D eigenvalue weighted by Crippen LogP contribution is -2.55. The van der Waals surface area contributed by atoms with Gasteiger partial charge in [0, 0.05) is 6.54 Å². The van der Waals surface area contributed by atoms with Crippen LogP contribution in [0.5, 0.6) is 0 Å². The van der Waals surface area contributed by atoms with Gasteiger partial charge in [-0.15, -0.1) is 0 Å². The van der Waals surface area contributed by atoms with E-state index in [0.29, 0.717) is 24.4 Å². The summed E-state index contributed by atoms with van der Waals surface area (Å²) in [6, 6.07) is -0.656. The first-order valence-electron chi connectivity index (χ1n) is 8.74. The second kappa shape index (κ2) is 9.61. The van der Waals surface area contributed by atoms with Gasteiger partial charge in [0.25, 0.3) is 0 Å². The Morgan fingerprint density at radius 3 is 2.38 bits per heavy atom. The van der Waals surface area contributed by atoms with Gasteiger partial charge in [-0.2, -0.15) is 0 Å². The molecule has 3 N–H and O–H groups in total. The summed E-state index contributed by atoms with van der Waals surface area (Å²) in [6.45, 7) is 6.24. The first-order chi connectivity index (χ1) is 11.3. The molecule has 24 heavy (non-hydrogen) atoms. The molecule has 0 saturated carbocycles. The van der Waals surface area contributed by atoms with E-state index in [9.17, 15) is 19.6 Å². The third-order valence-corrected chi connectivity index (χ3v) is 4.34. The predicted octanol–water partition coefficient (Wildman–Crippen LogP) is 1.45. The number of hydroxylamine groups is 2. The highest BCUT2D eigenvalue weighted by molar-refractivity contribution is 5.89. The monoisotopic (exact) mass is 341 g/mol. The highest BCUT2D eigenvalue weighted by Crippen LogP contribution is 2.21. The summed E-state index contributed by atoms with van der Waals surface area (Å²) < 4.78 is 0. The standard InChI is InChI=1S/C17H31N3O4/c1-17(2,3)14-16(23)18-10-8-6-4-5-7-9-13(15(22)19-14)11-20(24)12-21/h12-14,24H,4-11H2,1-3H3,(H,18,23)(H,19,22)/t13?,14-/m1/s1. The fraction of sp³-hybridized carbons (Fsp3) is 0.824. The molecule has 0 aromatic carbocycles. The molecule has 0 bridgehead atoms. The second-order valence-corrected chi connectivity index (χ2v) is 7.58. The van der Waals surface area contributed by atoms with E-state index >= 15 is 0 Å². The van der Waals surface area contributed by atoms with E-state index in [1.165, 1.54) is 0 Å². The van der Waals surface area contributed by atoms with Crippen molar-refractivity contribution in [3.8, 4) is 0 Å². The van der Waals surface area contributed by atoms with Crippen molar-refractivity contribution in [2.24, 2.45) is 11.3 Å². The Morgan fingerprint density at radius 2 is 1.75 bits per heavy atom. The van der Waals surface area contributed by atoms with Crippen molar-refractivity contribution < 1.29 is 19.6 Å². The Balaban J connectivity index is 2.92. The average molecular weight is 341 g/mol. The van der Waals surface area contributed by atoms with Gasteiger partial charge in [0.15, 0.2) is 0 Å². The molecule has 2 atom stereocenters. The van der Waals surface area contributed by atoms with Crippen LogP contribution in [0.4, 0.5) is 0 Å². The number of hydrogen-bond donors (Lipinski definition) is 3. The van der Waals surface area contributed by atoms with Crippen molar-refractivity contribution in [2.45, 2.75) is 65.3 Å². The molecule has 138 valence electrons. The number of nitrogens with zero attached hydrogens (tertiary/aromatic N) is 1. The Morgan fingerprint density at radius 1 is 1.12 bits per heavy atom. The van der Waals surface area contributed by atoms with Crippen LogP contribution in [0.1, 0.15) is 59.3 Å². The molecular weight excluding hydrogens is 310 g/mol. The van der Waals surface area contributed by atoms with Gasteiger partial charge in [0.2, 0.25) is 18.2 Å². The molecular formula is C17H31N3O4. The van der Waals surface area contributed by atoms with Crippen LogP contribution < -0.4 is 10.6 Å². The van der Waals surface area contributed by atoms with E-state index in [1.54, 1.807) is 0 Å². The molecule has 0 spiro atoms. The number of hydrogen-bond acceptors (Lipinski definition) is 4. The maximum atomic E-state index is 12.6. The van der Waals surface area contributed by atoms with E-state index < -0.39 is 17.4 Å². The Bertz CT molecular complexity index is 434. The summed E-state index contributed by atoms with van der Waals surface area (Å²) in [6.07, 6.45) is 5.73. The molecule has 1 rings (SSSR count). The largest absolute Gasteiger partial charge is 0.354 e. The summed E-state index contributed by atoms with van der Waals surface area (Å²) in [5.41, 5.74) is -0.436. The van der Waals surface area contributed by atoms with Gasteiger partial charge >= 0.3 is 0 Å². The lowest BCUT2D eigenvalue weighted by molar-refractivity contribution is -0.155. The highest BCUT2D eigenvalue weighted by Gasteiger charge is 2.34. The van der Waals surface area contributed by atoms with Crippen LogP contribution >= 0.6 is 0 Å². The Labute approximate surface area is 144 Å². The molecule has 0 radical (unpaired) electrons. The molecule has 0 aliphatic carbocycles.